The van der Waals surface area contributed by atoms with E-state index >= 15 is 0 Å². The van der Waals surface area contributed by atoms with Gasteiger partial charge in [-0.3, -0.25) is 4.79 Å². The minimum absolute atomic E-state index is 0.00266. The molecule has 0 fully saturated rings. The van der Waals surface area contributed by atoms with E-state index in [1.165, 1.54) is 10.7 Å². The Balaban J connectivity index is 1.86. The van der Waals surface area contributed by atoms with Gasteiger partial charge in [0.25, 0.3) is 0 Å². The van der Waals surface area contributed by atoms with Crippen molar-refractivity contribution in [3.63, 3.8) is 0 Å². The molecule has 2 rings (SSSR count). The molecule has 134 valence electrons. The Morgan fingerprint density at radius 1 is 1.32 bits per heavy atom. The molecule has 2 aromatic rings. The van der Waals surface area contributed by atoms with Crippen molar-refractivity contribution in [2.45, 2.75) is 26.8 Å². The summed E-state index contributed by atoms with van der Waals surface area (Å²) in [6.45, 7) is 4.78. The van der Waals surface area contributed by atoms with Crippen molar-refractivity contribution in [2.75, 3.05) is 11.5 Å². The number of nitrogens with zero attached hydrogens (tertiary/aromatic N) is 2. The molecule has 6 nitrogen and oxygen atoms in total. The monoisotopic (exact) mass is 361 g/mol. The second kappa shape index (κ2) is 9.27. The van der Waals surface area contributed by atoms with E-state index in [9.17, 15) is 9.59 Å². The topological polar surface area (TPSA) is 84.2 Å². The van der Waals surface area contributed by atoms with E-state index < -0.39 is 5.97 Å². The number of benzene rings is 1. The van der Waals surface area contributed by atoms with Crippen molar-refractivity contribution < 1.29 is 14.7 Å². The van der Waals surface area contributed by atoms with Crippen LogP contribution in [0.15, 0.2) is 36.5 Å². The van der Waals surface area contributed by atoms with E-state index in [0.717, 1.165) is 23.4 Å². The second-order valence-electron chi connectivity index (χ2n) is 6.13. The van der Waals surface area contributed by atoms with Gasteiger partial charge in [0.2, 0.25) is 5.91 Å². The number of carbonyl (C=O) groups is 2. The molecule has 0 aliphatic rings. The molecule has 1 aromatic heterocycles. The highest BCUT2D eigenvalue weighted by molar-refractivity contribution is 7.99. The van der Waals surface area contributed by atoms with Crippen molar-refractivity contribution >= 4 is 23.6 Å². The third-order valence-electron chi connectivity index (χ3n) is 3.55. The van der Waals surface area contributed by atoms with Gasteiger partial charge in [0.05, 0.1) is 11.4 Å². The molecule has 1 heterocycles. The summed E-state index contributed by atoms with van der Waals surface area (Å²) in [5.74, 6) is 1.07. The van der Waals surface area contributed by atoms with Crippen molar-refractivity contribution in [3.8, 4) is 5.69 Å². The van der Waals surface area contributed by atoms with Gasteiger partial charge in [-0.15, -0.1) is 0 Å². The number of carbonyl (C=O) groups excluding carboxylic acids is 1. The Kier molecular flexibility index (Phi) is 7.06. The molecule has 2 N–H and O–H groups in total. The first-order valence-electron chi connectivity index (χ1n) is 8.18. The van der Waals surface area contributed by atoms with E-state index in [1.807, 2.05) is 24.3 Å². The first kappa shape index (κ1) is 19.1. The summed E-state index contributed by atoms with van der Waals surface area (Å²) in [4.78, 5) is 22.8. The molecule has 1 amide bonds. The summed E-state index contributed by atoms with van der Waals surface area (Å²) >= 11 is 1.65. The van der Waals surface area contributed by atoms with Crippen LogP contribution in [0.3, 0.4) is 0 Å². The van der Waals surface area contributed by atoms with Gasteiger partial charge in [-0.2, -0.15) is 16.9 Å². The molecule has 1 aromatic carbocycles. The van der Waals surface area contributed by atoms with Crippen LogP contribution >= 0.6 is 11.8 Å². The van der Waals surface area contributed by atoms with E-state index in [4.69, 9.17) is 5.11 Å². The molecular formula is C18H23N3O3S. The fourth-order valence-corrected chi connectivity index (χ4v) is 3.20. The maximum Gasteiger partial charge on any atom is 0.356 e. The minimum atomic E-state index is -1.06. The Morgan fingerprint density at radius 2 is 2.12 bits per heavy atom. The van der Waals surface area contributed by atoms with Crippen molar-refractivity contribution in [1.29, 1.82) is 0 Å². The Hall–Kier alpha value is -2.28. The first-order chi connectivity index (χ1) is 12.0. The molecule has 0 saturated heterocycles. The number of thioether (sulfide) groups is 1. The maximum atomic E-state index is 11.9. The predicted molar refractivity (Wildman–Crippen MR) is 99.2 cm³/mol. The van der Waals surface area contributed by atoms with Gasteiger partial charge >= 0.3 is 5.97 Å². The molecule has 0 aliphatic carbocycles. The summed E-state index contributed by atoms with van der Waals surface area (Å²) in [6.07, 6.45) is 2.72. The molecule has 0 atom stereocenters. The van der Waals surface area contributed by atoms with Crippen molar-refractivity contribution in [2.24, 2.45) is 5.92 Å². The summed E-state index contributed by atoms with van der Waals surface area (Å²) in [5, 5.41) is 15.9. The van der Waals surface area contributed by atoms with Crippen LogP contribution in [-0.2, 0) is 11.3 Å². The second-order valence-corrected chi connectivity index (χ2v) is 7.24. The molecule has 0 aliphatic heterocycles. The number of nitrogens with one attached hydrogen (secondary N) is 1. The van der Waals surface area contributed by atoms with Gasteiger partial charge in [0.1, 0.15) is 0 Å². The van der Waals surface area contributed by atoms with Crippen LogP contribution in [0.5, 0.6) is 0 Å². The van der Waals surface area contributed by atoms with E-state index in [-0.39, 0.29) is 11.6 Å². The summed E-state index contributed by atoms with van der Waals surface area (Å²) < 4.78 is 1.51. The van der Waals surface area contributed by atoms with Gasteiger partial charge < -0.3 is 10.4 Å². The number of carboxylic acid groups (broad SMARTS) is 1. The molecule has 25 heavy (non-hydrogen) atoms. The summed E-state index contributed by atoms with van der Waals surface area (Å²) in [7, 11) is 0. The molecule has 0 unspecified atom stereocenters. The highest BCUT2D eigenvalue weighted by Gasteiger charge is 2.08. The zero-order chi connectivity index (χ0) is 18.2. The highest BCUT2D eigenvalue weighted by Crippen LogP contribution is 2.11. The predicted octanol–water partition coefficient (Wildman–Crippen LogP) is 2.97. The quantitative estimate of drug-likeness (QED) is 0.671. The number of carboxylic acids is 1. The van der Waals surface area contributed by atoms with Crippen LogP contribution in [0.25, 0.3) is 5.69 Å². The van der Waals surface area contributed by atoms with Crippen LogP contribution in [0, 0.1) is 5.92 Å². The van der Waals surface area contributed by atoms with E-state index in [2.05, 4.69) is 24.3 Å². The molecule has 0 spiro atoms. The summed E-state index contributed by atoms with van der Waals surface area (Å²) in [6, 6.07) is 8.94. The fraction of sp³-hybridized carbons (Fsp3) is 0.389. The molecule has 0 radical (unpaired) electrons. The Bertz CT molecular complexity index is 728. The Morgan fingerprint density at radius 3 is 2.80 bits per heavy atom. The lowest BCUT2D eigenvalue weighted by atomic mass is 10.2. The van der Waals surface area contributed by atoms with Gasteiger partial charge in [-0.05, 0) is 41.9 Å². The van der Waals surface area contributed by atoms with E-state index in [0.29, 0.717) is 18.2 Å². The van der Waals surface area contributed by atoms with Gasteiger partial charge in [-0.25, -0.2) is 9.48 Å². The third kappa shape index (κ3) is 6.26. The van der Waals surface area contributed by atoms with Crippen molar-refractivity contribution in [3.05, 3.63) is 47.8 Å². The minimum Gasteiger partial charge on any atom is -0.476 e. The first-order valence-corrected chi connectivity index (χ1v) is 9.34. The smallest absolute Gasteiger partial charge is 0.356 e. The van der Waals surface area contributed by atoms with Crippen LogP contribution in [0.1, 0.15) is 36.3 Å². The standard InChI is InChI=1S/C18H23N3O3S/c1-13(2)7-9-25-12-17(22)19-11-14-4-3-5-15(10-14)21-8-6-16(20-21)18(23)24/h3-6,8,10,13H,7,9,11-12H2,1-2H3,(H,19,22)(H,23,24). The van der Waals surface area contributed by atoms with Crippen LogP contribution < -0.4 is 5.32 Å². The number of hydrogen-bond donors (Lipinski definition) is 2. The fourth-order valence-electron chi connectivity index (χ4n) is 2.13. The molecule has 0 bridgehead atoms. The molecule has 7 heteroatoms. The molecular weight excluding hydrogens is 338 g/mol. The van der Waals surface area contributed by atoms with Gasteiger partial charge in [-0.1, -0.05) is 26.0 Å². The highest BCUT2D eigenvalue weighted by atomic mass is 32.2. The number of amides is 1. The zero-order valence-corrected chi connectivity index (χ0v) is 15.3. The lowest BCUT2D eigenvalue weighted by Gasteiger charge is -2.08. The van der Waals surface area contributed by atoms with Crippen molar-refractivity contribution in [1.82, 2.24) is 15.1 Å². The zero-order valence-electron chi connectivity index (χ0n) is 14.4. The number of hydrogen-bond acceptors (Lipinski definition) is 4. The van der Waals surface area contributed by atoms with Gasteiger partial charge in [0.15, 0.2) is 5.69 Å². The van der Waals surface area contributed by atoms with Crippen LogP contribution in [-0.4, -0.2) is 38.3 Å². The lowest BCUT2D eigenvalue weighted by Crippen LogP contribution is -2.24. The number of aromatic nitrogens is 2. The number of aromatic carboxylic acids is 1. The van der Waals surface area contributed by atoms with Crippen LogP contribution in [0.4, 0.5) is 0 Å². The average Bonchev–Trinajstić information content (AvgIpc) is 3.07. The largest absolute Gasteiger partial charge is 0.476 e. The average molecular weight is 361 g/mol. The maximum absolute atomic E-state index is 11.9. The van der Waals surface area contributed by atoms with E-state index in [1.54, 1.807) is 18.0 Å². The molecule has 0 saturated carbocycles. The van der Waals surface area contributed by atoms with Gasteiger partial charge in [0, 0.05) is 12.7 Å². The summed E-state index contributed by atoms with van der Waals surface area (Å²) in [5.41, 5.74) is 1.69. The lowest BCUT2D eigenvalue weighted by molar-refractivity contribution is -0.118. The Labute approximate surface area is 151 Å². The third-order valence-corrected chi connectivity index (χ3v) is 4.54. The van der Waals surface area contributed by atoms with Crippen LogP contribution in [0.2, 0.25) is 0 Å². The SMILES string of the molecule is CC(C)CCSCC(=O)NCc1cccc(-n2ccc(C(=O)O)n2)c1. The normalized spacial score (nSPS) is 10.8. The number of rotatable bonds is 9.